The molecular weight excluding hydrogens is 322 g/mol. The fraction of sp³-hybridized carbons (Fsp3) is 0.167. The van der Waals surface area contributed by atoms with Gasteiger partial charge in [0.05, 0.1) is 4.92 Å². The van der Waals surface area contributed by atoms with Gasteiger partial charge in [-0.3, -0.25) is 14.9 Å². The van der Waals surface area contributed by atoms with Crippen LogP contribution in [0.5, 0.6) is 0 Å². The number of aliphatic carboxylic acids is 1. The molecule has 0 aliphatic rings. The number of fused-ring (bicyclic) bond motifs is 1. The highest BCUT2D eigenvalue weighted by Crippen LogP contribution is 2.38. The number of aromatic nitrogens is 1. The van der Waals surface area contributed by atoms with Gasteiger partial charge in [-0.1, -0.05) is 30.3 Å². The summed E-state index contributed by atoms with van der Waals surface area (Å²) in [6, 6.07) is 11.5. The number of aryl methyl sites for hydroxylation is 1. The van der Waals surface area contributed by atoms with Gasteiger partial charge in [-0.25, -0.2) is 0 Å². The van der Waals surface area contributed by atoms with Gasteiger partial charge in [-0.2, -0.15) is 0 Å². The van der Waals surface area contributed by atoms with Crippen LogP contribution in [0, 0.1) is 17.0 Å². The van der Waals surface area contributed by atoms with Crippen LogP contribution in [0.4, 0.5) is 5.69 Å². The highest BCUT2D eigenvalue weighted by atomic mass is 16.6. The van der Waals surface area contributed by atoms with E-state index in [9.17, 15) is 14.9 Å². The lowest BCUT2D eigenvalue weighted by Gasteiger charge is -2.10. The number of carboxylic acids is 1. The minimum absolute atomic E-state index is 0.0482. The number of carboxylic acid groups (broad SMARTS) is 1. The van der Waals surface area contributed by atoms with E-state index in [0.29, 0.717) is 22.2 Å². The van der Waals surface area contributed by atoms with Crippen molar-refractivity contribution in [2.24, 2.45) is 5.73 Å². The molecular formula is C18H17N3O4. The highest BCUT2D eigenvalue weighted by molar-refractivity contribution is 6.03. The van der Waals surface area contributed by atoms with Crippen LogP contribution in [-0.4, -0.2) is 27.0 Å². The second-order valence-corrected chi connectivity index (χ2v) is 5.88. The summed E-state index contributed by atoms with van der Waals surface area (Å²) in [5, 5.41) is 21.2. The van der Waals surface area contributed by atoms with E-state index in [1.165, 1.54) is 6.07 Å². The van der Waals surface area contributed by atoms with Crippen molar-refractivity contribution in [1.82, 2.24) is 4.98 Å². The molecule has 3 rings (SSSR count). The summed E-state index contributed by atoms with van der Waals surface area (Å²) in [4.78, 5) is 25.1. The molecule has 0 saturated carbocycles. The number of aromatic amines is 1. The fourth-order valence-electron chi connectivity index (χ4n) is 3.05. The minimum atomic E-state index is -1.11. The van der Waals surface area contributed by atoms with Crippen molar-refractivity contribution in [2.45, 2.75) is 19.4 Å². The average Bonchev–Trinajstić information content (AvgIpc) is 2.91. The SMILES string of the molecule is Cc1[nH]c2c([N+](=O)[O-])ccc(-c3ccccc3)c2c1CC(N)C(=O)O. The molecule has 25 heavy (non-hydrogen) atoms. The summed E-state index contributed by atoms with van der Waals surface area (Å²) < 4.78 is 0. The van der Waals surface area contributed by atoms with E-state index in [2.05, 4.69) is 4.98 Å². The molecule has 1 unspecified atom stereocenters. The summed E-state index contributed by atoms with van der Waals surface area (Å²) >= 11 is 0. The second-order valence-electron chi connectivity index (χ2n) is 5.88. The van der Waals surface area contributed by atoms with E-state index in [-0.39, 0.29) is 12.1 Å². The molecule has 7 nitrogen and oxygen atoms in total. The van der Waals surface area contributed by atoms with Crippen LogP contribution in [-0.2, 0) is 11.2 Å². The summed E-state index contributed by atoms with van der Waals surface area (Å²) in [6.07, 6.45) is 0.0855. The third kappa shape index (κ3) is 2.97. The molecule has 0 aliphatic heterocycles. The number of nitrogens with zero attached hydrogens (tertiary/aromatic N) is 1. The zero-order valence-electron chi connectivity index (χ0n) is 13.5. The molecule has 128 valence electrons. The van der Waals surface area contributed by atoms with Crippen molar-refractivity contribution in [3.63, 3.8) is 0 Å². The molecule has 0 radical (unpaired) electrons. The third-order valence-electron chi connectivity index (χ3n) is 4.27. The lowest BCUT2D eigenvalue weighted by molar-refractivity contribution is -0.383. The Bertz CT molecular complexity index is 963. The van der Waals surface area contributed by atoms with Crippen molar-refractivity contribution < 1.29 is 14.8 Å². The number of nitro benzene ring substituents is 1. The van der Waals surface area contributed by atoms with Gasteiger partial charge < -0.3 is 15.8 Å². The van der Waals surface area contributed by atoms with E-state index in [0.717, 1.165) is 11.1 Å². The number of nitrogens with two attached hydrogens (primary N) is 1. The number of benzene rings is 2. The Hall–Kier alpha value is -3.19. The molecule has 0 aliphatic carbocycles. The average molecular weight is 339 g/mol. The number of nitro groups is 1. The van der Waals surface area contributed by atoms with Crippen LogP contribution in [0.1, 0.15) is 11.3 Å². The Kier molecular flexibility index (Phi) is 4.24. The maximum absolute atomic E-state index is 11.4. The predicted octanol–water partition coefficient (Wildman–Crippen LogP) is 3.01. The lowest BCUT2D eigenvalue weighted by atomic mass is 9.95. The van der Waals surface area contributed by atoms with Crippen LogP contribution in [0.3, 0.4) is 0 Å². The zero-order chi connectivity index (χ0) is 18.1. The highest BCUT2D eigenvalue weighted by Gasteiger charge is 2.24. The summed E-state index contributed by atoms with van der Waals surface area (Å²) in [6.45, 7) is 1.77. The number of carbonyl (C=O) groups is 1. The van der Waals surface area contributed by atoms with Gasteiger partial charge in [0.1, 0.15) is 11.6 Å². The molecule has 0 saturated heterocycles. The van der Waals surface area contributed by atoms with Gasteiger partial charge in [0.25, 0.3) is 5.69 Å². The van der Waals surface area contributed by atoms with Crippen LogP contribution in [0.25, 0.3) is 22.0 Å². The largest absolute Gasteiger partial charge is 0.480 e. The molecule has 2 aromatic carbocycles. The Morgan fingerprint density at radius 3 is 2.56 bits per heavy atom. The Morgan fingerprint density at radius 1 is 1.28 bits per heavy atom. The Balaban J connectivity index is 2.32. The van der Waals surface area contributed by atoms with Gasteiger partial charge in [0, 0.05) is 23.6 Å². The van der Waals surface area contributed by atoms with E-state index in [1.807, 2.05) is 30.3 Å². The van der Waals surface area contributed by atoms with E-state index in [1.54, 1.807) is 13.0 Å². The number of non-ortho nitro benzene ring substituents is 1. The minimum Gasteiger partial charge on any atom is -0.480 e. The maximum Gasteiger partial charge on any atom is 0.320 e. The Morgan fingerprint density at radius 2 is 1.96 bits per heavy atom. The number of nitrogens with one attached hydrogen (secondary N) is 1. The van der Waals surface area contributed by atoms with Crippen LogP contribution < -0.4 is 5.73 Å². The maximum atomic E-state index is 11.4. The van der Waals surface area contributed by atoms with Gasteiger partial charge in [-0.15, -0.1) is 0 Å². The van der Waals surface area contributed by atoms with E-state index >= 15 is 0 Å². The molecule has 0 fully saturated rings. The quantitative estimate of drug-likeness (QED) is 0.487. The number of hydrogen-bond acceptors (Lipinski definition) is 4. The smallest absolute Gasteiger partial charge is 0.320 e. The first-order chi connectivity index (χ1) is 11.9. The molecule has 1 heterocycles. The summed E-state index contributed by atoms with van der Waals surface area (Å²) in [7, 11) is 0. The van der Waals surface area contributed by atoms with Gasteiger partial charge in [0.2, 0.25) is 0 Å². The number of rotatable bonds is 5. The summed E-state index contributed by atoms with van der Waals surface area (Å²) in [5.74, 6) is -1.11. The third-order valence-corrected chi connectivity index (χ3v) is 4.27. The van der Waals surface area contributed by atoms with Gasteiger partial charge in [-0.05, 0) is 29.7 Å². The van der Waals surface area contributed by atoms with Crippen molar-refractivity contribution in [1.29, 1.82) is 0 Å². The Labute approximate surface area is 143 Å². The molecule has 1 atom stereocenters. The molecule has 3 aromatic rings. The van der Waals surface area contributed by atoms with Crippen molar-refractivity contribution in [3.8, 4) is 11.1 Å². The molecule has 0 bridgehead atoms. The normalized spacial score (nSPS) is 12.2. The first kappa shape index (κ1) is 16.7. The van der Waals surface area contributed by atoms with Crippen LogP contribution in [0.2, 0.25) is 0 Å². The first-order valence-corrected chi connectivity index (χ1v) is 7.72. The molecule has 1 aromatic heterocycles. The standard InChI is InChI=1S/C18H17N3O4/c1-10-13(9-14(19)18(22)23)16-12(11-5-3-2-4-6-11)7-8-15(21(24)25)17(16)20-10/h2-8,14,20H,9,19H2,1H3,(H,22,23). The number of hydrogen-bond donors (Lipinski definition) is 3. The first-order valence-electron chi connectivity index (χ1n) is 7.72. The van der Waals surface area contributed by atoms with E-state index < -0.39 is 16.9 Å². The van der Waals surface area contributed by atoms with Gasteiger partial charge >= 0.3 is 5.97 Å². The summed E-state index contributed by atoms with van der Waals surface area (Å²) in [5.41, 5.74) is 9.11. The van der Waals surface area contributed by atoms with E-state index in [4.69, 9.17) is 10.8 Å². The monoisotopic (exact) mass is 339 g/mol. The van der Waals surface area contributed by atoms with Crippen molar-refractivity contribution in [2.75, 3.05) is 0 Å². The molecule has 0 amide bonds. The van der Waals surface area contributed by atoms with Crippen molar-refractivity contribution in [3.05, 3.63) is 63.8 Å². The number of H-pyrrole nitrogens is 1. The predicted molar refractivity (Wildman–Crippen MR) is 94.4 cm³/mol. The van der Waals surface area contributed by atoms with Gasteiger partial charge in [0.15, 0.2) is 0 Å². The van der Waals surface area contributed by atoms with Crippen LogP contribution >= 0.6 is 0 Å². The fourth-order valence-corrected chi connectivity index (χ4v) is 3.05. The molecule has 4 N–H and O–H groups in total. The topological polar surface area (TPSA) is 122 Å². The molecule has 7 heteroatoms. The van der Waals surface area contributed by atoms with Crippen molar-refractivity contribution >= 4 is 22.6 Å². The zero-order valence-corrected chi connectivity index (χ0v) is 13.5. The lowest BCUT2D eigenvalue weighted by Crippen LogP contribution is -2.32. The second kappa shape index (κ2) is 6.37. The van der Waals surface area contributed by atoms with Crippen LogP contribution in [0.15, 0.2) is 42.5 Å². The molecule has 0 spiro atoms.